The summed E-state index contributed by atoms with van der Waals surface area (Å²) in [6.45, 7) is 4.77. The summed E-state index contributed by atoms with van der Waals surface area (Å²) in [7, 11) is 3.52. The molecule has 1 rings (SSSR count). The van der Waals surface area contributed by atoms with E-state index in [4.69, 9.17) is 4.74 Å². The number of methoxy groups -OCH3 is 1. The van der Waals surface area contributed by atoms with Crippen molar-refractivity contribution < 1.29 is 9.84 Å². The first-order chi connectivity index (χ1) is 9.19. The summed E-state index contributed by atoms with van der Waals surface area (Å²) in [5, 5.41) is 13.1. The van der Waals surface area contributed by atoms with E-state index in [0.29, 0.717) is 13.2 Å². The van der Waals surface area contributed by atoms with Crippen LogP contribution in [-0.2, 0) is 11.3 Å². The van der Waals surface area contributed by atoms with E-state index >= 15 is 0 Å². The van der Waals surface area contributed by atoms with Gasteiger partial charge in [-0.15, -0.1) is 0 Å². The molecule has 5 nitrogen and oxygen atoms in total. The van der Waals surface area contributed by atoms with Crippen LogP contribution in [-0.4, -0.2) is 50.0 Å². The fourth-order valence-electron chi connectivity index (χ4n) is 1.96. The zero-order valence-electron chi connectivity index (χ0n) is 12.1. The van der Waals surface area contributed by atoms with Gasteiger partial charge in [0.25, 0.3) is 0 Å². The molecule has 0 saturated carbocycles. The number of hydrogen-bond donors (Lipinski definition) is 2. The number of ether oxygens (including phenoxy) is 1. The number of likely N-dealkylation sites (N-methyl/N-ethyl adjacent to an activating group) is 1. The molecule has 0 radical (unpaired) electrons. The second kappa shape index (κ2) is 8.85. The van der Waals surface area contributed by atoms with Gasteiger partial charge in [-0.05, 0) is 19.0 Å². The molecule has 0 amide bonds. The van der Waals surface area contributed by atoms with Crippen molar-refractivity contribution in [3.8, 4) is 0 Å². The molecule has 1 heterocycles. The second-order valence-corrected chi connectivity index (χ2v) is 4.65. The number of aliphatic hydroxyl groups is 1. The molecule has 19 heavy (non-hydrogen) atoms. The molecule has 1 aromatic heterocycles. The van der Waals surface area contributed by atoms with Crippen molar-refractivity contribution in [2.45, 2.75) is 26.0 Å². The highest BCUT2D eigenvalue weighted by Gasteiger charge is 2.12. The van der Waals surface area contributed by atoms with E-state index in [1.165, 1.54) is 0 Å². The summed E-state index contributed by atoms with van der Waals surface area (Å²) in [4.78, 5) is 6.37. The molecule has 0 aliphatic carbocycles. The number of rotatable bonds is 9. The first kappa shape index (κ1) is 15.9. The van der Waals surface area contributed by atoms with Gasteiger partial charge in [0.2, 0.25) is 0 Å². The average Bonchev–Trinajstić information content (AvgIpc) is 2.39. The molecule has 1 unspecified atom stereocenters. The largest absolute Gasteiger partial charge is 0.389 e. The summed E-state index contributed by atoms with van der Waals surface area (Å²) in [5.41, 5.74) is 1.14. The summed E-state index contributed by atoms with van der Waals surface area (Å²) < 4.78 is 4.94. The monoisotopic (exact) mass is 267 g/mol. The van der Waals surface area contributed by atoms with E-state index in [9.17, 15) is 5.11 Å². The van der Waals surface area contributed by atoms with Crippen LogP contribution < -0.4 is 10.2 Å². The predicted molar refractivity (Wildman–Crippen MR) is 77.4 cm³/mol. The van der Waals surface area contributed by atoms with Crippen LogP contribution >= 0.6 is 0 Å². The van der Waals surface area contributed by atoms with Gasteiger partial charge in [-0.25, -0.2) is 4.98 Å². The SMILES string of the molecule is CCCNCc1cccnc1N(C)CC(O)COC. The van der Waals surface area contributed by atoms with Crippen LogP contribution in [0.5, 0.6) is 0 Å². The summed E-state index contributed by atoms with van der Waals surface area (Å²) in [6, 6.07) is 4.00. The lowest BCUT2D eigenvalue weighted by molar-refractivity contribution is 0.0694. The van der Waals surface area contributed by atoms with E-state index in [1.807, 2.05) is 18.0 Å². The van der Waals surface area contributed by atoms with Gasteiger partial charge in [-0.2, -0.15) is 0 Å². The maximum atomic E-state index is 9.78. The molecular weight excluding hydrogens is 242 g/mol. The minimum Gasteiger partial charge on any atom is -0.389 e. The quantitative estimate of drug-likeness (QED) is 0.654. The van der Waals surface area contributed by atoms with Crippen LogP contribution in [0.2, 0.25) is 0 Å². The smallest absolute Gasteiger partial charge is 0.132 e. The Morgan fingerprint density at radius 3 is 3.00 bits per heavy atom. The number of nitrogens with zero attached hydrogens (tertiary/aromatic N) is 2. The third-order valence-corrected chi connectivity index (χ3v) is 2.81. The summed E-state index contributed by atoms with van der Waals surface area (Å²) in [6.07, 6.45) is 2.38. The van der Waals surface area contributed by atoms with Crippen molar-refractivity contribution in [3.63, 3.8) is 0 Å². The lowest BCUT2D eigenvalue weighted by Crippen LogP contribution is -2.33. The predicted octanol–water partition coefficient (Wildman–Crippen LogP) is 1.02. The number of anilines is 1. The molecule has 0 aliphatic rings. The number of nitrogens with one attached hydrogen (secondary N) is 1. The summed E-state index contributed by atoms with van der Waals surface area (Å²) in [5.74, 6) is 0.904. The number of aromatic nitrogens is 1. The maximum absolute atomic E-state index is 9.78. The Balaban J connectivity index is 2.64. The van der Waals surface area contributed by atoms with Crippen LogP contribution in [0.1, 0.15) is 18.9 Å². The van der Waals surface area contributed by atoms with E-state index in [0.717, 1.165) is 30.9 Å². The normalized spacial score (nSPS) is 12.4. The van der Waals surface area contributed by atoms with Crippen molar-refractivity contribution in [2.75, 3.05) is 38.8 Å². The van der Waals surface area contributed by atoms with Crippen molar-refractivity contribution >= 4 is 5.82 Å². The molecule has 1 atom stereocenters. The van der Waals surface area contributed by atoms with Crippen LogP contribution in [0, 0.1) is 0 Å². The summed E-state index contributed by atoms with van der Waals surface area (Å²) >= 11 is 0. The maximum Gasteiger partial charge on any atom is 0.132 e. The molecule has 5 heteroatoms. The van der Waals surface area contributed by atoms with Gasteiger partial charge >= 0.3 is 0 Å². The molecule has 2 N–H and O–H groups in total. The minimum atomic E-state index is -0.506. The molecule has 0 aliphatic heterocycles. The van der Waals surface area contributed by atoms with E-state index < -0.39 is 6.10 Å². The Morgan fingerprint density at radius 1 is 1.53 bits per heavy atom. The fraction of sp³-hybridized carbons (Fsp3) is 0.643. The van der Waals surface area contributed by atoms with Crippen molar-refractivity contribution in [3.05, 3.63) is 23.9 Å². The number of pyridine rings is 1. The van der Waals surface area contributed by atoms with Crippen molar-refractivity contribution in [1.82, 2.24) is 10.3 Å². The van der Waals surface area contributed by atoms with E-state index in [-0.39, 0.29) is 0 Å². The lowest BCUT2D eigenvalue weighted by Gasteiger charge is -2.23. The van der Waals surface area contributed by atoms with Crippen LogP contribution in [0.15, 0.2) is 18.3 Å². The zero-order chi connectivity index (χ0) is 14.1. The number of hydrogen-bond acceptors (Lipinski definition) is 5. The van der Waals surface area contributed by atoms with Gasteiger partial charge in [0.15, 0.2) is 0 Å². The molecule has 108 valence electrons. The Morgan fingerprint density at radius 2 is 2.32 bits per heavy atom. The van der Waals surface area contributed by atoms with Gasteiger partial charge in [0.1, 0.15) is 5.82 Å². The molecule has 1 aromatic rings. The first-order valence-corrected chi connectivity index (χ1v) is 6.71. The van der Waals surface area contributed by atoms with Gasteiger partial charge < -0.3 is 20.1 Å². The van der Waals surface area contributed by atoms with Crippen molar-refractivity contribution in [1.29, 1.82) is 0 Å². The van der Waals surface area contributed by atoms with Crippen LogP contribution in [0.4, 0.5) is 5.82 Å². The van der Waals surface area contributed by atoms with Gasteiger partial charge in [-0.3, -0.25) is 0 Å². The highest BCUT2D eigenvalue weighted by atomic mass is 16.5. The second-order valence-electron chi connectivity index (χ2n) is 4.65. The first-order valence-electron chi connectivity index (χ1n) is 6.71. The number of aliphatic hydroxyl groups excluding tert-OH is 1. The van der Waals surface area contributed by atoms with Gasteiger partial charge in [0, 0.05) is 39.0 Å². The zero-order valence-corrected chi connectivity index (χ0v) is 12.1. The standard InChI is InChI=1S/C14H25N3O2/c1-4-7-15-9-12-6-5-8-16-14(12)17(2)10-13(18)11-19-3/h5-6,8,13,15,18H,4,7,9-11H2,1-3H3. The molecular formula is C14H25N3O2. The van der Waals surface area contributed by atoms with Crippen molar-refractivity contribution in [2.24, 2.45) is 0 Å². The molecule has 0 aromatic carbocycles. The Labute approximate surface area is 115 Å². The van der Waals surface area contributed by atoms with Crippen LogP contribution in [0.3, 0.4) is 0 Å². The van der Waals surface area contributed by atoms with Crippen LogP contribution in [0.25, 0.3) is 0 Å². The minimum absolute atomic E-state index is 0.334. The van der Waals surface area contributed by atoms with Gasteiger partial charge in [-0.1, -0.05) is 13.0 Å². The highest BCUT2D eigenvalue weighted by Crippen LogP contribution is 2.15. The third-order valence-electron chi connectivity index (χ3n) is 2.81. The van der Waals surface area contributed by atoms with E-state index in [1.54, 1.807) is 13.3 Å². The average molecular weight is 267 g/mol. The molecule has 0 spiro atoms. The third kappa shape index (κ3) is 5.55. The highest BCUT2D eigenvalue weighted by molar-refractivity contribution is 5.46. The van der Waals surface area contributed by atoms with E-state index in [2.05, 4.69) is 23.3 Å². The molecule has 0 fully saturated rings. The molecule has 0 bridgehead atoms. The molecule has 0 saturated heterocycles. The van der Waals surface area contributed by atoms with Gasteiger partial charge in [0.05, 0.1) is 12.7 Å². The lowest BCUT2D eigenvalue weighted by atomic mass is 10.2. The topological polar surface area (TPSA) is 57.6 Å². The Kier molecular flexibility index (Phi) is 7.40. The Hall–Kier alpha value is -1.17. The Bertz CT molecular complexity index is 360. The fourth-order valence-corrected chi connectivity index (χ4v) is 1.96.